The van der Waals surface area contributed by atoms with Gasteiger partial charge >= 0.3 is 6.09 Å². The summed E-state index contributed by atoms with van der Waals surface area (Å²) in [7, 11) is 4.61. The Morgan fingerprint density at radius 3 is 2.08 bits per heavy atom. The Morgan fingerprint density at radius 1 is 0.950 bits per heavy atom. The molecule has 0 radical (unpaired) electrons. The lowest BCUT2D eigenvalue weighted by Gasteiger charge is -2.33. The van der Waals surface area contributed by atoms with Crippen molar-refractivity contribution in [2.45, 2.75) is 127 Å². The van der Waals surface area contributed by atoms with Crippen molar-refractivity contribution in [3.05, 3.63) is 0 Å². The lowest BCUT2D eigenvalue weighted by atomic mass is 9.81. The van der Waals surface area contributed by atoms with Gasteiger partial charge in [-0.15, -0.1) is 0 Å². The van der Waals surface area contributed by atoms with Gasteiger partial charge in [0.1, 0.15) is 11.6 Å². The molecule has 3 atom stereocenters. The van der Waals surface area contributed by atoms with Crippen LogP contribution in [0, 0.1) is 0 Å². The quantitative estimate of drug-likeness (QED) is 0.177. The number of Topliss-reactive ketones (excluding diaryl/α,β-unsaturated/α-hetero) is 3. The third-order valence-electron chi connectivity index (χ3n) is 9.77. The molecule has 2 heterocycles. The topological polar surface area (TPSA) is 108 Å². The van der Waals surface area contributed by atoms with E-state index in [1.807, 2.05) is 14.1 Å². The highest BCUT2D eigenvalue weighted by molar-refractivity contribution is 6.08. The molecule has 1 unspecified atom stereocenters. The van der Waals surface area contributed by atoms with E-state index in [1.54, 1.807) is 25.7 Å². The summed E-state index contributed by atoms with van der Waals surface area (Å²) in [4.78, 5) is 51.1. The molecule has 0 spiro atoms. The van der Waals surface area contributed by atoms with Crippen molar-refractivity contribution in [3.8, 4) is 0 Å². The predicted octanol–water partition coefficient (Wildman–Crippen LogP) is 2.92. The first-order chi connectivity index (χ1) is 18.9. The number of ketones is 3. The van der Waals surface area contributed by atoms with Crippen molar-refractivity contribution in [1.82, 2.24) is 20.1 Å². The molecule has 2 aliphatic rings. The van der Waals surface area contributed by atoms with Crippen LogP contribution in [0.2, 0.25) is 0 Å². The standard InChI is InChI=1S/C30H56N4O5Si/c1-24(35)28(31-4,16-11-12-17-29(25(2)36)18-14-20-32-29)15-10-8-6-7-9-13-22-39-27(38)34-21-19-30(23-34,26(3)37)33(5)40/h31-32H,6-23H2,1-5,40H3/t28?,29-,30-/m0/s1. The lowest BCUT2D eigenvalue weighted by Crippen LogP contribution is -2.53. The second kappa shape index (κ2) is 16.1. The van der Waals surface area contributed by atoms with E-state index in [-0.39, 0.29) is 29.0 Å². The van der Waals surface area contributed by atoms with Crippen LogP contribution in [-0.2, 0) is 19.1 Å². The van der Waals surface area contributed by atoms with E-state index in [4.69, 9.17) is 4.74 Å². The SMILES string of the molecule is CNC(CCCCCCCCOC(=O)N1CC[C@](C(C)=O)(N(C)[SiH3])C1)(CCCC[C@@]1(C(C)=O)CCCN1)C(C)=O. The fourth-order valence-electron chi connectivity index (χ4n) is 6.66. The fraction of sp³-hybridized carbons (Fsp3) is 0.867. The molecule has 0 saturated carbocycles. The Bertz CT molecular complexity index is 863. The van der Waals surface area contributed by atoms with Crippen molar-refractivity contribution in [1.29, 1.82) is 0 Å². The molecule has 0 aliphatic carbocycles. The molecule has 9 nitrogen and oxygen atoms in total. The number of rotatable bonds is 19. The Balaban J connectivity index is 1.61. The highest BCUT2D eigenvalue weighted by Gasteiger charge is 2.45. The molecule has 40 heavy (non-hydrogen) atoms. The van der Waals surface area contributed by atoms with Crippen LogP contribution in [-0.4, -0.2) is 100 Å². The maximum absolute atomic E-state index is 12.6. The normalized spacial score (nSPS) is 24.4. The number of hydrogen-bond donors (Lipinski definition) is 2. The summed E-state index contributed by atoms with van der Waals surface area (Å²) in [5.74, 6) is 0.557. The zero-order chi connectivity index (χ0) is 29.8. The van der Waals surface area contributed by atoms with E-state index in [1.165, 1.54) is 0 Å². The van der Waals surface area contributed by atoms with Crippen LogP contribution < -0.4 is 10.6 Å². The number of nitrogens with zero attached hydrogens (tertiary/aromatic N) is 2. The summed E-state index contributed by atoms with van der Waals surface area (Å²) in [5, 5.41) is 6.77. The van der Waals surface area contributed by atoms with Gasteiger partial charge in [0.25, 0.3) is 0 Å². The summed E-state index contributed by atoms with van der Waals surface area (Å²) >= 11 is 0. The molecule has 2 aliphatic heterocycles. The van der Waals surface area contributed by atoms with Crippen LogP contribution >= 0.6 is 0 Å². The number of amides is 1. The molecule has 0 aromatic rings. The number of ether oxygens (including phenoxy) is 1. The molecular weight excluding hydrogens is 524 g/mol. The molecule has 0 bridgehead atoms. The number of unbranched alkanes of at least 4 members (excludes halogenated alkanes) is 6. The molecule has 1 amide bonds. The molecule has 2 N–H and O–H groups in total. The largest absolute Gasteiger partial charge is 0.449 e. The maximum Gasteiger partial charge on any atom is 0.409 e. The minimum atomic E-state index is -0.538. The second-order valence-electron chi connectivity index (χ2n) is 12.4. The average molecular weight is 581 g/mol. The smallest absolute Gasteiger partial charge is 0.409 e. The van der Waals surface area contributed by atoms with E-state index >= 15 is 0 Å². The van der Waals surface area contributed by atoms with Gasteiger partial charge in [-0.3, -0.25) is 14.4 Å². The molecule has 230 valence electrons. The van der Waals surface area contributed by atoms with E-state index in [2.05, 4.69) is 15.2 Å². The van der Waals surface area contributed by atoms with Crippen LogP contribution in [0.15, 0.2) is 0 Å². The van der Waals surface area contributed by atoms with Crippen LogP contribution in [0.3, 0.4) is 0 Å². The summed E-state index contributed by atoms with van der Waals surface area (Å²) in [5.41, 5.74) is -1.37. The van der Waals surface area contributed by atoms with E-state index in [0.717, 1.165) is 100 Å². The zero-order valence-electron chi connectivity index (χ0n) is 26.2. The van der Waals surface area contributed by atoms with Gasteiger partial charge in [-0.05, 0) is 86.4 Å². The third-order valence-corrected chi connectivity index (χ3v) is 10.6. The minimum Gasteiger partial charge on any atom is -0.449 e. The van der Waals surface area contributed by atoms with Gasteiger partial charge < -0.3 is 24.8 Å². The number of likely N-dealkylation sites (N-methyl/N-ethyl adjacent to an activating group) is 2. The highest BCUT2D eigenvalue weighted by atomic mass is 28.2. The number of carbonyl (C=O) groups excluding carboxylic acids is 4. The predicted molar refractivity (Wildman–Crippen MR) is 163 cm³/mol. The summed E-state index contributed by atoms with van der Waals surface area (Å²) in [6.07, 6.45) is 12.8. The Hall–Kier alpha value is -1.62. The lowest BCUT2D eigenvalue weighted by molar-refractivity contribution is -0.125. The van der Waals surface area contributed by atoms with E-state index in [9.17, 15) is 19.2 Å². The van der Waals surface area contributed by atoms with Crippen molar-refractivity contribution in [2.75, 3.05) is 40.3 Å². The van der Waals surface area contributed by atoms with Crippen LogP contribution in [0.4, 0.5) is 4.79 Å². The molecule has 2 fully saturated rings. The second-order valence-corrected chi connectivity index (χ2v) is 13.7. The molecule has 0 aromatic carbocycles. The number of nitrogens with one attached hydrogen (secondary N) is 2. The molecule has 2 rings (SSSR count). The maximum atomic E-state index is 12.6. The molecule has 10 heteroatoms. The summed E-state index contributed by atoms with van der Waals surface area (Å²) in [6.45, 7) is 7.31. The highest BCUT2D eigenvalue weighted by Crippen LogP contribution is 2.30. The zero-order valence-corrected chi connectivity index (χ0v) is 28.2. The Kier molecular flexibility index (Phi) is 13.9. The van der Waals surface area contributed by atoms with Gasteiger partial charge in [0.2, 0.25) is 0 Å². The summed E-state index contributed by atoms with van der Waals surface area (Å²) in [6, 6.07) is 0. The van der Waals surface area contributed by atoms with Gasteiger partial charge in [0.05, 0.1) is 33.6 Å². The van der Waals surface area contributed by atoms with Crippen LogP contribution in [0.25, 0.3) is 0 Å². The first-order valence-electron chi connectivity index (χ1n) is 15.5. The van der Waals surface area contributed by atoms with Gasteiger partial charge in [-0.1, -0.05) is 44.9 Å². The Morgan fingerprint density at radius 2 is 1.57 bits per heavy atom. The number of carbonyl (C=O) groups is 4. The number of hydrogen-bond acceptors (Lipinski definition) is 8. The van der Waals surface area contributed by atoms with E-state index in [0.29, 0.717) is 26.1 Å². The van der Waals surface area contributed by atoms with Gasteiger partial charge in [0, 0.05) is 13.1 Å². The first-order valence-corrected chi connectivity index (χ1v) is 16.4. The van der Waals surface area contributed by atoms with Gasteiger partial charge in [-0.25, -0.2) is 4.79 Å². The molecule has 0 aromatic heterocycles. The van der Waals surface area contributed by atoms with Gasteiger partial charge in [-0.2, -0.15) is 0 Å². The van der Waals surface area contributed by atoms with Crippen molar-refractivity contribution < 1.29 is 23.9 Å². The molecule has 2 saturated heterocycles. The van der Waals surface area contributed by atoms with Crippen molar-refractivity contribution in [2.24, 2.45) is 0 Å². The minimum absolute atomic E-state index is 0.120. The average Bonchev–Trinajstić information content (AvgIpc) is 3.58. The van der Waals surface area contributed by atoms with Gasteiger partial charge in [0.15, 0.2) is 5.78 Å². The van der Waals surface area contributed by atoms with Crippen LogP contribution in [0.1, 0.15) is 111 Å². The van der Waals surface area contributed by atoms with Crippen LogP contribution in [0.5, 0.6) is 0 Å². The first kappa shape index (κ1) is 34.6. The third kappa shape index (κ3) is 8.94. The van der Waals surface area contributed by atoms with Crippen molar-refractivity contribution >= 4 is 33.8 Å². The van der Waals surface area contributed by atoms with Crippen molar-refractivity contribution in [3.63, 3.8) is 0 Å². The van der Waals surface area contributed by atoms with E-state index < -0.39 is 11.1 Å². The Labute approximate surface area is 245 Å². The monoisotopic (exact) mass is 580 g/mol. The number of likely N-dealkylation sites (tertiary alicyclic amines) is 1. The summed E-state index contributed by atoms with van der Waals surface area (Å²) < 4.78 is 7.55. The fourth-order valence-corrected chi connectivity index (χ4v) is 7.34. The molecular formula is C30H56N4O5Si.